The van der Waals surface area contributed by atoms with E-state index in [1.807, 2.05) is 26.0 Å². The summed E-state index contributed by atoms with van der Waals surface area (Å²) >= 11 is 11.6. The largest absolute Gasteiger partial charge is 0.480 e. The minimum absolute atomic E-state index is 0.0223. The summed E-state index contributed by atoms with van der Waals surface area (Å²) in [6.07, 6.45) is -6.21. The number of carbonyl (C=O) groups excluding carboxylic acids is 4. The quantitative estimate of drug-likeness (QED) is 0.0117. The van der Waals surface area contributed by atoms with E-state index < -0.39 is 97.6 Å². The third-order valence-corrected chi connectivity index (χ3v) is 14.6. The molecule has 0 aliphatic heterocycles. The second kappa shape index (κ2) is 31.4. The molecule has 1 aliphatic carbocycles. The number of nitro groups is 1. The Morgan fingerprint density at radius 3 is 2.07 bits per heavy atom. The van der Waals surface area contributed by atoms with Gasteiger partial charge in [0, 0.05) is 49.8 Å². The minimum Gasteiger partial charge on any atom is -0.480 e. The SMILES string of the molecule is CCOC(=O)C(C)OC(=O)c1cc(Oc2ccc(C(F)(F)F)cc2Cl)ccc1[N+](=O)[O-].CCc1cccc(C)c1N(C(=O)CCl)C(C)COC.CP(=O)(O)CCC(N)C(=O)O.CS(=O)(=O)c1cc(C(F)(F)F)ccc1C(=O)c1cnoc1C1CC1. The van der Waals surface area contributed by atoms with Crippen molar-refractivity contribution in [1.29, 1.82) is 0 Å². The van der Waals surface area contributed by atoms with Crippen molar-refractivity contribution in [3.8, 4) is 11.5 Å². The number of aliphatic carboxylic acids is 1. The van der Waals surface area contributed by atoms with Crippen LogP contribution in [0.1, 0.15) is 107 Å². The number of para-hydroxylation sites is 1. The molecular formula is C54H61Cl2F6N4O17PS. The summed E-state index contributed by atoms with van der Waals surface area (Å²) in [5.74, 6) is -3.93. The Bertz CT molecular complexity index is 3360. The van der Waals surface area contributed by atoms with Gasteiger partial charge in [0.2, 0.25) is 5.91 Å². The summed E-state index contributed by atoms with van der Waals surface area (Å²) in [5, 5.41) is 22.7. The fourth-order valence-corrected chi connectivity index (χ4v) is 9.55. The highest BCUT2D eigenvalue weighted by Crippen LogP contribution is 2.43. The fraction of sp³-hybridized carbons (Fsp3) is 0.407. The van der Waals surface area contributed by atoms with Gasteiger partial charge in [-0.3, -0.25) is 29.1 Å². The molecule has 31 heteroatoms. The third-order valence-electron chi connectivity index (χ3n) is 11.9. The van der Waals surface area contributed by atoms with E-state index in [9.17, 15) is 73.4 Å². The van der Waals surface area contributed by atoms with E-state index >= 15 is 0 Å². The Morgan fingerprint density at radius 2 is 1.56 bits per heavy atom. The number of alkyl halides is 7. The maximum Gasteiger partial charge on any atom is 0.416 e. The summed E-state index contributed by atoms with van der Waals surface area (Å²) in [4.78, 5) is 79.2. The number of aryl methyl sites for hydroxylation is 2. The molecule has 5 aromatic rings. The first-order valence-electron chi connectivity index (χ1n) is 25.3. The lowest BCUT2D eigenvalue weighted by Crippen LogP contribution is -2.43. The van der Waals surface area contributed by atoms with Crippen molar-refractivity contribution in [2.45, 2.75) is 102 Å². The number of rotatable bonds is 21. The second-order valence-corrected chi connectivity index (χ2v) is 24.0. The van der Waals surface area contributed by atoms with Crippen molar-refractivity contribution in [2.24, 2.45) is 5.73 Å². The monoisotopic (exact) mass is 1280 g/mol. The van der Waals surface area contributed by atoms with Crippen LogP contribution in [0.2, 0.25) is 5.02 Å². The van der Waals surface area contributed by atoms with E-state index in [1.54, 1.807) is 18.9 Å². The number of sulfone groups is 1. The molecule has 1 fully saturated rings. The van der Waals surface area contributed by atoms with E-state index in [0.717, 1.165) is 78.7 Å². The van der Waals surface area contributed by atoms with Crippen LogP contribution < -0.4 is 15.4 Å². The number of nitrogens with two attached hydrogens (primary N) is 1. The lowest BCUT2D eigenvalue weighted by molar-refractivity contribution is -0.385. The van der Waals surface area contributed by atoms with Crippen molar-refractivity contribution in [2.75, 3.05) is 50.2 Å². The first-order chi connectivity index (χ1) is 39.4. The number of halogens is 8. The number of benzene rings is 4. The fourth-order valence-electron chi connectivity index (χ4n) is 7.54. The van der Waals surface area contributed by atoms with Crippen LogP contribution in [0, 0.1) is 17.0 Å². The third kappa shape index (κ3) is 21.8. The predicted octanol–water partition coefficient (Wildman–Crippen LogP) is 11.2. The average molecular weight is 1290 g/mol. The van der Waals surface area contributed by atoms with Gasteiger partial charge in [0.25, 0.3) is 5.69 Å². The molecule has 0 bridgehead atoms. The molecular weight excluding hydrogens is 1220 g/mol. The molecule has 85 heavy (non-hydrogen) atoms. The van der Waals surface area contributed by atoms with Gasteiger partial charge in [-0.15, -0.1) is 11.6 Å². The summed E-state index contributed by atoms with van der Waals surface area (Å²) in [7, 11) is -5.51. The van der Waals surface area contributed by atoms with Gasteiger partial charge in [-0.1, -0.05) is 41.9 Å². The zero-order valence-electron chi connectivity index (χ0n) is 46.8. The van der Waals surface area contributed by atoms with Gasteiger partial charge >= 0.3 is 30.3 Å². The zero-order valence-corrected chi connectivity index (χ0v) is 50.0. The molecule has 466 valence electrons. The molecule has 4 aromatic carbocycles. The van der Waals surface area contributed by atoms with E-state index in [1.165, 1.54) is 19.8 Å². The maximum atomic E-state index is 12.8. The number of carbonyl (C=O) groups is 5. The van der Waals surface area contributed by atoms with Crippen molar-refractivity contribution in [3.05, 3.63) is 139 Å². The number of hydrogen-bond donors (Lipinski definition) is 3. The molecule has 0 radical (unpaired) electrons. The van der Waals surface area contributed by atoms with Crippen LogP contribution in [-0.2, 0) is 61.8 Å². The first kappa shape index (κ1) is 72.3. The number of ether oxygens (including phenoxy) is 4. The number of carboxylic acid groups (broad SMARTS) is 1. The van der Waals surface area contributed by atoms with Crippen LogP contribution in [-0.4, -0.2) is 122 Å². The molecule has 4 N–H and O–H groups in total. The molecule has 0 spiro atoms. The highest BCUT2D eigenvalue weighted by atomic mass is 35.5. The standard InChI is InChI=1S/C19H15ClF3NO7.C15H22ClNO2.C15H12F3NO4S.C5H12NO4P/c1-3-29-17(25)10(2)30-18(26)13-9-12(5-6-15(13)24(27)28)31-16-7-4-11(8-14(16)20)19(21,22)23;1-5-13-8-6-7-11(2)15(13)17(14(18)9-16)12(3)10-19-4;1-24(21,22)12-6-9(15(16,17)18)4-5-10(12)13(20)11-7-19-23-14(11)8-2-3-8;1-11(9,10)3-2-4(6)5(7)8/h4-10H,3H2,1-2H3;6-8,12H,5,9-10H2,1-4H3;4-8H,2-3H2,1H3;4H,2-3,6H2,1H3,(H,7,8)(H,9,10). The predicted molar refractivity (Wildman–Crippen MR) is 299 cm³/mol. The molecule has 1 amide bonds. The Hall–Kier alpha value is -6.94. The Kier molecular flexibility index (Phi) is 26.8. The van der Waals surface area contributed by atoms with Gasteiger partial charge in [-0.25, -0.2) is 18.0 Å². The van der Waals surface area contributed by atoms with Crippen molar-refractivity contribution < 1.29 is 102 Å². The number of hydrogen-bond acceptors (Lipinski definition) is 17. The van der Waals surface area contributed by atoms with Gasteiger partial charge in [-0.05, 0) is 107 Å². The summed E-state index contributed by atoms with van der Waals surface area (Å²) in [6.45, 7) is 10.6. The minimum atomic E-state index is -4.71. The summed E-state index contributed by atoms with van der Waals surface area (Å²) < 4.78 is 136. The Morgan fingerprint density at radius 1 is 0.953 bits per heavy atom. The van der Waals surface area contributed by atoms with E-state index in [4.69, 9.17) is 62.4 Å². The molecule has 4 atom stereocenters. The second-order valence-electron chi connectivity index (χ2n) is 18.8. The van der Waals surface area contributed by atoms with Crippen LogP contribution >= 0.6 is 30.6 Å². The first-order valence-corrected chi connectivity index (χ1v) is 30.4. The lowest BCUT2D eigenvalue weighted by Gasteiger charge is -2.31. The number of anilines is 1. The summed E-state index contributed by atoms with van der Waals surface area (Å²) in [5.41, 5.74) is 4.76. The van der Waals surface area contributed by atoms with Crippen LogP contribution in [0.4, 0.5) is 37.7 Å². The average Bonchev–Trinajstić information content (AvgIpc) is 2.26. The van der Waals surface area contributed by atoms with Gasteiger partial charge in [0.1, 0.15) is 29.0 Å². The Labute approximate surface area is 494 Å². The van der Waals surface area contributed by atoms with Crippen molar-refractivity contribution in [1.82, 2.24) is 5.16 Å². The van der Waals surface area contributed by atoms with Gasteiger partial charge in [-0.2, -0.15) is 26.3 Å². The lowest BCUT2D eigenvalue weighted by atomic mass is 10.0. The smallest absolute Gasteiger partial charge is 0.416 e. The molecule has 0 saturated heterocycles. The highest BCUT2D eigenvalue weighted by molar-refractivity contribution is 7.90. The molecule has 21 nitrogen and oxygen atoms in total. The normalized spacial score (nSPS) is 14.0. The van der Waals surface area contributed by atoms with Gasteiger partial charge in [0.15, 0.2) is 34.9 Å². The molecule has 6 rings (SSSR count). The van der Waals surface area contributed by atoms with Gasteiger partial charge in [0.05, 0.1) is 62.7 Å². The topological polar surface area (TPSA) is 312 Å². The molecule has 4 unspecified atom stereocenters. The molecule has 1 aliphatic rings. The number of nitro benzene ring substituents is 1. The summed E-state index contributed by atoms with van der Waals surface area (Å²) in [6, 6.07) is 12.4. The number of methoxy groups -OCH3 is 1. The molecule has 1 saturated carbocycles. The number of esters is 2. The van der Waals surface area contributed by atoms with Crippen molar-refractivity contribution in [3.63, 3.8) is 0 Å². The Balaban J connectivity index is 0.000000314. The number of amides is 1. The van der Waals surface area contributed by atoms with Crippen LogP contribution in [0.5, 0.6) is 11.5 Å². The number of ketones is 1. The van der Waals surface area contributed by atoms with E-state index in [0.29, 0.717) is 30.6 Å². The van der Waals surface area contributed by atoms with Crippen molar-refractivity contribution >= 4 is 81.4 Å². The maximum absolute atomic E-state index is 12.8. The number of nitrogens with zero attached hydrogens (tertiary/aromatic N) is 3. The van der Waals surface area contributed by atoms with E-state index in [2.05, 4.69) is 18.1 Å². The van der Waals surface area contributed by atoms with Gasteiger partial charge < -0.3 is 44.1 Å². The van der Waals surface area contributed by atoms with Crippen LogP contribution in [0.3, 0.4) is 0 Å². The molecule has 1 aromatic heterocycles. The van der Waals surface area contributed by atoms with Crippen LogP contribution in [0.15, 0.2) is 88.4 Å². The highest BCUT2D eigenvalue weighted by Gasteiger charge is 2.37. The zero-order chi connectivity index (χ0) is 64.5. The molecule has 1 heterocycles. The number of aromatic nitrogens is 1. The number of carboxylic acids is 1. The van der Waals surface area contributed by atoms with E-state index in [-0.39, 0.29) is 70.6 Å². The van der Waals surface area contributed by atoms with Crippen LogP contribution in [0.25, 0.3) is 0 Å².